The third kappa shape index (κ3) is 2.44. The van der Waals surface area contributed by atoms with E-state index >= 15 is 0 Å². The quantitative estimate of drug-likeness (QED) is 0.687. The zero-order valence-corrected chi connectivity index (χ0v) is 11.0. The van der Waals surface area contributed by atoms with Crippen LogP contribution in [0.3, 0.4) is 0 Å². The predicted molar refractivity (Wildman–Crippen MR) is 74.1 cm³/mol. The molecule has 0 radical (unpaired) electrons. The van der Waals surface area contributed by atoms with Crippen LogP contribution >= 0.6 is 0 Å². The van der Waals surface area contributed by atoms with Crippen LogP contribution in [0.5, 0.6) is 0 Å². The lowest BCUT2D eigenvalue weighted by atomic mass is 10.1. The molecule has 1 aliphatic rings. The summed E-state index contributed by atoms with van der Waals surface area (Å²) < 4.78 is 26.9. The van der Waals surface area contributed by atoms with Crippen LogP contribution in [0, 0.1) is 21.7 Å². The first-order valence-corrected chi connectivity index (χ1v) is 6.54. The maximum absolute atomic E-state index is 13.6. The van der Waals surface area contributed by atoms with E-state index in [1.807, 2.05) is 0 Å². The number of fused-ring (bicyclic) bond motifs is 1. The van der Waals surface area contributed by atoms with E-state index in [9.17, 15) is 18.9 Å². The van der Waals surface area contributed by atoms with Crippen molar-refractivity contribution in [3.63, 3.8) is 0 Å². The number of aryl methyl sites for hydroxylation is 1. The minimum atomic E-state index is -0.887. The van der Waals surface area contributed by atoms with E-state index in [-0.39, 0.29) is 17.5 Å². The molecule has 4 nitrogen and oxygen atoms in total. The van der Waals surface area contributed by atoms with Crippen molar-refractivity contribution in [3.05, 3.63) is 69.3 Å². The van der Waals surface area contributed by atoms with Gasteiger partial charge in [0.1, 0.15) is 11.5 Å². The summed E-state index contributed by atoms with van der Waals surface area (Å²) in [6, 6.07) is 8.19. The topological polar surface area (TPSA) is 55.2 Å². The summed E-state index contributed by atoms with van der Waals surface area (Å²) in [4.78, 5) is 10.2. The highest BCUT2D eigenvalue weighted by atomic mass is 19.1. The van der Waals surface area contributed by atoms with Gasteiger partial charge in [0.25, 0.3) is 0 Å². The second kappa shape index (κ2) is 5.12. The summed E-state index contributed by atoms with van der Waals surface area (Å²) in [6.07, 6.45) is 1.45. The van der Waals surface area contributed by atoms with Crippen molar-refractivity contribution in [1.82, 2.24) is 0 Å². The van der Waals surface area contributed by atoms with Gasteiger partial charge in [0.05, 0.1) is 11.0 Å². The zero-order chi connectivity index (χ0) is 15.0. The highest BCUT2D eigenvalue weighted by Gasteiger charge is 2.27. The Hall–Kier alpha value is -2.50. The Morgan fingerprint density at radius 2 is 2.05 bits per heavy atom. The van der Waals surface area contributed by atoms with Crippen molar-refractivity contribution in [2.75, 3.05) is 5.32 Å². The average molecular weight is 290 g/mol. The molecule has 0 aliphatic heterocycles. The molecule has 2 aromatic rings. The summed E-state index contributed by atoms with van der Waals surface area (Å²) in [6.45, 7) is 0. The number of nitrogens with zero attached hydrogens (tertiary/aromatic N) is 1. The molecule has 0 amide bonds. The standard InChI is InChI=1S/C15H12F2N2O2/c16-10-6-4-9-5-7-13(11(9)8-10)18-14-3-1-2-12(17)15(14)19(20)21/h1-4,6,8,13,18H,5,7H2. The highest BCUT2D eigenvalue weighted by Crippen LogP contribution is 2.37. The normalized spacial score (nSPS) is 16.6. The van der Waals surface area contributed by atoms with Gasteiger partial charge in [-0.1, -0.05) is 12.1 Å². The van der Waals surface area contributed by atoms with Gasteiger partial charge in [0, 0.05) is 0 Å². The number of nitrogens with one attached hydrogen (secondary N) is 1. The molecular formula is C15H12F2N2O2. The molecule has 1 atom stereocenters. The zero-order valence-electron chi connectivity index (χ0n) is 11.0. The lowest BCUT2D eigenvalue weighted by Crippen LogP contribution is -2.09. The number of benzene rings is 2. The van der Waals surface area contributed by atoms with Crippen molar-refractivity contribution >= 4 is 11.4 Å². The van der Waals surface area contributed by atoms with Crippen molar-refractivity contribution in [2.45, 2.75) is 18.9 Å². The van der Waals surface area contributed by atoms with Crippen LogP contribution in [0.4, 0.5) is 20.2 Å². The predicted octanol–water partition coefficient (Wildman–Crippen LogP) is 3.97. The number of rotatable bonds is 3. The fourth-order valence-electron chi connectivity index (χ4n) is 2.73. The van der Waals surface area contributed by atoms with E-state index in [0.717, 1.165) is 23.6 Å². The molecule has 108 valence electrons. The van der Waals surface area contributed by atoms with E-state index in [2.05, 4.69) is 5.32 Å². The molecule has 21 heavy (non-hydrogen) atoms. The Morgan fingerprint density at radius 3 is 2.81 bits per heavy atom. The minimum absolute atomic E-state index is 0.113. The number of nitro benzene ring substituents is 1. The molecule has 0 fully saturated rings. The number of hydrogen-bond donors (Lipinski definition) is 1. The van der Waals surface area contributed by atoms with Crippen LogP contribution in [0.2, 0.25) is 0 Å². The van der Waals surface area contributed by atoms with E-state index < -0.39 is 16.4 Å². The van der Waals surface area contributed by atoms with Crippen LogP contribution < -0.4 is 5.32 Å². The van der Waals surface area contributed by atoms with Crippen LogP contribution in [0.25, 0.3) is 0 Å². The second-order valence-electron chi connectivity index (χ2n) is 4.97. The van der Waals surface area contributed by atoms with Gasteiger partial charge in [-0.2, -0.15) is 4.39 Å². The Labute approximate surface area is 119 Å². The van der Waals surface area contributed by atoms with Gasteiger partial charge >= 0.3 is 5.69 Å². The van der Waals surface area contributed by atoms with Crippen molar-refractivity contribution in [3.8, 4) is 0 Å². The molecule has 1 N–H and O–H groups in total. The lowest BCUT2D eigenvalue weighted by Gasteiger charge is -2.15. The van der Waals surface area contributed by atoms with Crippen molar-refractivity contribution in [2.24, 2.45) is 0 Å². The second-order valence-corrected chi connectivity index (χ2v) is 4.97. The Morgan fingerprint density at radius 1 is 1.24 bits per heavy atom. The number of para-hydroxylation sites is 1. The first-order chi connectivity index (χ1) is 10.1. The average Bonchev–Trinajstić information content (AvgIpc) is 2.81. The fraction of sp³-hybridized carbons (Fsp3) is 0.200. The molecule has 0 saturated heterocycles. The molecule has 6 heteroatoms. The number of halogens is 2. The van der Waals surface area contributed by atoms with E-state index in [1.54, 1.807) is 6.07 Å². The monoisotopic (exact) mass is 290 g/mol. The highest BCUT2D eigenvalue weighted by molar-refractivity contribution is 5.63. The smallest absolute Gasteiger partial charge is 0.327 e. The van der Waals surface area contributed by atoms with E-state index in [1.165, 1.54) is 24.3 Å². The van der Waals surface area contributed by atoms with Crippen molar-refractivity contribution in [1.29, 1.82) is 0 Å². The van der Waals surface area contributed by atoms with E-state index in [4.69, 9.17) is 0 Å². The molecule has 0 heterocycles. The molecular weight excluding hydrogens is 278 g/mol. The van der Waals surface area contributed by atoms with Crippen molar-refractivity contribution < 1.29 is 13.7 Å². The molecule has 3 rings (SSSR count). The third-order valence-corrected chi connectivity index (χ3v) is 3.68. The van der Waals surface area contributed by atoms with Gasteiger partial charge < -0.3 is 5.32 Å². The summed E-state index contributed by atoms with van der Waals surface area (Å²) in [5.41, 5.74) is 1.31. The molecule has 0 saturated carbocycles. The summed E-state index contributed by atoms with van der Waals surface area (Å²) in [5, 5.41) is 13.9. The van der Waals surface area contributed by atoms with Gasteiger partial charge in [-0.25, -0.2) is 4.39 Å². The van der Waals surface area contributed by atoms with Gasteiger partial charge in [0.2, 0.25) is 5.82 Å². The van der Waals surface area contributed by atoms with Gasteiger partial charge in [0.15, 0.2) is 0 Å². The molecule has 1 aliphatic carbocycles. The third-order valence-electron chi connectivity index (χ3n) is 3.68. The summed E-state index contributed by atoms with van der Waals surface area (Å²) in [7, 11) is 0. The Balaban J connectivity index is 1.95. The number of nitro groups is 1. The molecule has 1 unspecified atom stereocenters. The lowest BCUT2D eigenvalue weighted by molar-refractivity contribution is -0.386. The molecule has 0 aromatic heterocycles. The van der Waals surface area contributed by atoms with Crippen LogP contribution in [0.1, 0.15) is 23.6 Å². The molecule has 0 spiro atoms. The molecule has 0 bridgehead atoms. The van der Waals surface area contributed by atoms with Gasteiger partial charge in [-0.05, 0) is 48.2 Å². The summed E-state index contributed by atoms with van der Waals surface area (Å²) in [5.74, 6) is -1.24. The maximum atomic E-state index is 13.6. The van der Waals surface area contributed by atoms with Crippen LogP contribution in [0.15, 0.2) is 36.4 Å². The van der Waals surface area contributed by atoms with Crippen LogP contribution in [-0.4, -0.2) is 4.92 Å². The first-order valence-electron chi connectivity index (χ1n) is 6.54. The molecule has 2 aromatic carbocycles. The van der Waals surface area contributed by atoms with Gasteiger partial charge in [-0.15, -0.1) is 0 Å². The first kappa shape index (κ1) is 13.5. The minimum Gasteiger partial charge on any atom is -0.373 e. The number of anilines is 1. The fourth-order valence-corrected chi connectivity index (χ4v) is 2.73. The number of hydrogen-bond acceptors (Lipinski definition) is 3. The summed E-state index contributed by atoms with van der Waals surface area (Å²) >= 11 is 0. The van der Waals surface area contributed by atoms with E-state index in [0.29, 0.717) is 6.42 Å². The largest absolute Gasteiger partial charge is 0.373 e. The Kier molecular flexibility index (Phi) is 3.29. The SMILES string of the molecule is O=[N+]([O-])c1c(F)cccc1NC1CCc2ccc(F)cc21. The Bertz CT molecular complexity index is 719. The van der Waals surface area contributed by atoms with Gasteiger partial charge in [-0.3, -0.25) is 10.1 Å². The van der Waals surface area contributed by atoms with Crippen LogP contribution in [-0.2, 0) is 6.42 Å². The maximum Gasteiger partial charge on any atom is 0.327 e.